The number of thiazole rings is 1. The zero-order valence-electron chi connectivity index (χ0n) is 17.3. The number of ketones is 1. The third kappa shape index (κ3) is 3.87. The molecular weight excluding hydrogens is 415 g/mol. The molecule has 1 amide bonds. The number of benzene rings is 2. The molecular formula is C23H23FN4O2S. The predicted octanol–water partition coefficient (Wildman–Crippen LogP) is 3.42. The van der Waals surface area contributed by atoms with Crippen molar-refractivity contribution in [1.82, 2.24) is 9.88 Å². The number of carbonyl (C=O) groups is 2. The molecule has 0 unspecified atom stereocenters. The second-order valence-corrected chi connectivity index (χ2v) is 9.13. The molecule has 0 saturated carbocycles. The molecule has 8 heteroatoms. The average Bonchev–Trinajstić information content (AvgIpc) is 3.15. The normalized spacial score (nSPS) is 17.2. The highest BCUT2D eigenvalue weighted by Crippen LogP contribution is 2.34. The van der Waals surface area contributed by atoms with E-state index in [9.17, 15) is 14.0 Å². The van der Waals surface area contributed by atoms with Gasteiger partial charge in [0.2, 0.25) is 5.91 Å². The van der Waals surface area contributed by atoms with E-state index in [2.05, 4.69) is 14.8 Å². The largest absolute Gasteiger partial charge is 0.368 e. The van der Waals surface area contributed by atoms with Crippen molar-refractivity contribution >= 4 is 44.1 Å². The molecule has 31 heavy (non-hydrogen) atoms. The third-order valence-corrected chi connectivity index (χ3v) is 7.15. The number of hydrogen-bond acceptors (Lipinski definition) is 6. The smallest absolute Gasteiger partial charge is 0.229 e. The molecule has 2 fully saturated rings. The van der Waals surface area contributed by atoms with E-state index in [0.29, 0.717) is 31.7 Å². The second-order valence-electron chi connectivity index (χ2n) is 8.13. The summed E-state index contributed by atoms with van der Waals surface area (Å²) >= 11 is 1.47. The van der Waals surface area contributed by atoms with Gasteiger partial charge in [0, 0.05) is 50.5 Å². The highest BCUT2D eigenvalue weighted by atomic mass is 32.1. The van der Waals surface area contributed by atoms with E-state index < -0.39 is 0 Å². The van der Waals surface area contributed by atoms with Crippen LogP contribution in [-0.4, -0.2) is 60.8 Å². The summed E-state index contributed by atoms with van der Waals surface area (Å²) in [6, 6.07) is 12.3. The number of amides is 1. The van der Waals surface area contributed by atoms with Gasteiger partial charge in [-0.3, -0.25) is 9.59 Å². The molecule has 1 aromatic heterocycles. The molecule has 0 spiro atoms. The van der Waals surface area contributed by atoms with Crippen LogP contribution < -0.4 is 9.80 Å². The molecule has 0 aliphatic carbocycles. The van der Waals surface area contributed by atoms with Gasteiger partial charge in [-0.1, -0.05) is 11.3 Å². The number of anilines is 2. The van der Waals surface area contributed by atoms with Crippen molar-refractivity contribution in [3.05, 3.63) is 53.8 Å². The molecule has 3 heterocycles. The standard InChI is InChI=1S/C23H23FN4O2S/c1-15(29)16-2-5-19(6-3-16)26-8-10-27(11-9-26)22(30)17-13-28(14-17)23-25-20-7-4-18(24)12-21(20)31-23/h2-7,12,17H,8-11,13-14H2,1H3. The zero-order chi connectivity index (χ0) is 21.5. The fraction of sp³-hybridized carbons (Fsp3) is 0.348. The van der Waals surface area contributed by atoms with Crippen molar-refractivity contribution in [2.45, 2.75) is 6.92 Å². The van der Waals surface area contributed by atoms with Gasteiger partial charge in [0.1, 0.15) is 5.82 Å². The number of hydrogen-bond donors (Lipinski definition) is 0. The molecule has 0 N–H and O–H groups in total. The molecule has 6 nitrogen and oxygen atoms in total. The Morgan fingerprint density at radius 3 is 2.39 bits per heavy atom. The summed E-state index contributed by atoms with van der Waals surface area (Å²) in [6.07, 6.45) is 0. The quantitative estimate of drug-likeness (QED) is 0.585. The Morgan fingerprint density at radius 1 is 1.00 bits per heavy atom. The first-order valence-corrected chi connectivity index (χ1v) is 11.3. The van der Waals surface area contributed by atoms with Gasteiger partial charge >= 0.3 is 0 Å². The van der Waals surface area contributed by atoms with E-state index in [1.165, 1.54) is 23.5 Å². The predicted molar refractivity (Wildman–Crippen MR) is 121 cm³/mol. The van der Waals surface area contributed by atoms with Crippen LogP contribution in [-0.2, 0) is 4.79 Å². The number of carbonyl (C=O) groups excluding carboxylic acids is 2. The Bertz CT molecular complexity index is 1130. The SMILES string of the molecule is CC(=O)c1ccc(N2CCN(C(=O)C3CN(c4nc5ccc(F)cc5s4)C3)CC2)cc1. The topological polar surface area (TPSA) is 56.8 Å². The van der Waals surface area contributed by atoms with E-state index in [0.717, 1.165) is 34.1 Å². The maximum atomic E-state index is 13.4. The van der Waals surface area contributed by atoms with Gasteiger partial charge in [0.15, 0.2) is 10.9 Å². The van der Waals surface area contributed by atoms with Crippen molar-refractivity contribution in [1.29, 1.82) is 0 Å². The fourth-order valence-electron chi connectivity index (χ4n) is 4.16. The maximum Gasteiger partial charge on any atom is 0.229 e. The highest BCUT2D eigenvalue weighted by molar-refractivity contribution is 7.22. The summed E-state index contributed by atoms with van der Waals surface area (Å²) in [5, 5.41) is 0.850. The van der Waals surface area contributed by atoms with Crippen LogP contribution in [0.5, 0.6) is 0 Å². The van der Waals surface area contributed by atoms with Crippen LogP contribution in [0.15, 0.2) is 42.5 Å². The van der Waals surface area contributed by atoms with Gasteiger partial charge in [-0.25, -0.2) is 9.37 Å². The Labute approximate surface area is 183 Å². The molecule has 0 bridgehead atoms. The minimum atomic E-state index is -0.256. The van der Waals surface area contributed by atoms with E-state index in [1.54, 1.807) is 13.0 Å². The van der Waals surface area contributed by atoms with Gasteiger partial charge in [-0.15, -0.1) is 0 Å². The molecule has 160 valence electrons. The monoisotopic (exact) mass is 438 g/mol. The summed E-state index contributed by atoms with van der Waals surface area (Å²) in [7, 11) is 0. The van der Waals surface area contributed by atoms with Crippen LogP contribution in [0.3, 0.4) is 0 Å². The van der Waals surface area contributed by atoms with Gasteiger partial charge < -0.3 is 14.7 Å². The summed E-state index contributed by atoms with van der Waals surface area (Å²) in [6.45, 7) is 5.85. The molecule has 3 aromatic rings. The molecule has 2 saturated heterocycles. The molecule has 2 aliphatic heterocycles. The summed E-state index contributed by atoms with van der Waals surface area (Å²) < 4.78 is 14.2. The first-order valence-electron chi connectivity index (χ1n) is 10.4. The summed E-state index contributed by atoms with van der Waals surface area (Å²) in [4.78, 5) is 35.2. The van der Waals surface area contributed by atoms with Crippen LogP contribution in [0.2, 0.25) is 0 Å². The summed E-state index contributed by atoms with van der Waals surface area (Å²) in [5.74, 6) is 0.00273. The minimum absolute atomic E-state index is 0.00912. The molecule has 2 aromatic carbocycles. The van der Waals surface area contributed by atoms with Crippen LogP contribution >= 0.6 is 11.3 Å². The number of halogens is 1. The lowest BCUT2D eigenvalue weighted by molar-refractivity contribution is -0.136. The van der Waals surface area contributed by atoms with Crippen molar-refractivity contribution < 1.29 is 14.0 Å². The van der Waals surface area contributed by atoms with Crippen LogP contribution in [0.25, 0.3) is 10.2 Å². The lowest BCUT2D eigenvalue weighted by Gasteiger charge is -2.43. The van der Waals surface area contributed by atoms with E-state index in [4.69, 9.17) is 0 Å². The number of piperazine rings is 1. The van der Waals surface area contributed by atoms with Crippen molar-refractivity contribution in [3.8, 4) is 0 Å². The van der Waals surface area contributed by atoms with E-state index >= 15 is 0 Å². The first-order chi connectivity index (χ1) is 15.0. The first kappa shape index (κ1) is 19.9. The Kier molecular flexibility index (Phi) is 5.09. The molecule has 0 atom stereocenters. The van der Waals surface area contributed by atoms with Gasteiger partial charge in [0.25, 0.3) is 0 Å². The fourth-order valence-corrected chi connectivity index (χ4v) is 5.17. The number of Topliss-reactive ketones (excluding diaryl/α,β-unsaturated/α-hetero) is 1. The van der Waals surface area contributed by atoms with E-state index in [1.807, 2.05) is 29.2 Å². The Balaban J connectivity index is 1.15. The van der Waals surface area contributed by atoms with E-state index in [-0.39, 0.29) is 23.4 Å². The second kappa shape index (κ2) is 7.92. The van der Waals surface area contributed by atoms with Crippen LogP contribution in [0.1, 0.15) is 17.3 Å². The van der Waals surface area contributed by atoms with Crippen LogP contribution in [0, 0.1) is 11.7 Å². The number of fused-ring (bicyclic) bond motifs is 1. The number of rotatable bonds is 4. The van der Waals surface area contributed by atoms with Crippen LogP contribution in [0.4, 0.5) is 15.2 Å². The minimum Gasteiger partial charge on any atom is -0.368 e. The average molecular weight is 439 g/mol. The highest BCUT2D eigenvalue weighted by Gasteiger charge is 2.37. The Morgan fingerprint density at radius 2 is 1.71 bits per heavy atom. The molecule has 0 radical (unpaired) electrons. The van der Waals surface area contributed by atoms with Crippen molar-refractivity contribution in [2.75, 3.05) is 49.1 Å². The molecule has 5 rings (SSSR count). The summed E-state index contributed by atoms with van der Waals surface area (Å²) in [5.41, 5.74) is 2.59. The van der Waals surface area contributed by atoms with Gasteiger partial charge in [-0.05, 0) is 49.4 Å². The zero-order valence-corrected chi connectivity index (χ0v) is 18.1. The Hall–Kier alpha value is -3.00. The van der Waals surface area contributed by atoms with Crippen molar-refractivity contribution in [3.63, 3.8) is 0 Å². The number of aromatic nitrogens is 1. The maximum absolute atomic E-state index is 13.4. The van der Waals surface area contributed by atoms with Crippen molar-refractivity contribution in [2.24, 2.45) is 5.92 Å². The van der Waals surface area contributed by atoms with Gasteiger partial charge in [-0.2, -0.15) is 0 Å². The molecule has 2 aliphatic rings. The lowest BCUT2D eigenvalue weighted by atomic mass is 9.99. The van der Waals surface area contributed by atoms with Gasteiger partial charge in [0.05, 0.1) is 16.1 Å². The lowest BCUT2D eigenvalue weighted by Crippen LogP contribution is -2.58. The third-order valence-electron chi connectivity index (χ3n) is 6.07. The number of nitrogens with zero attached hydrogens (tertiary/aromatic N) is 4.